The molecular formula is C9H6ClN3O2. The van der Waals surface area contributed by atoms with Crippen molar-refractivity contribution in [3.8, 4) is 0 Å². The monoisotopic (exact) mass is 223 g/mol. The second kappa shape index (κ2) is 3.43. The molecule has 0 fully saturated rings. The first-order valence-electron chi connectivity index (χ1n) is 4.14. The van der Waals surface area contributed by atoms with Gasteiger partial charge in [-0.15, -0.1) is 0 Å². The summed E-state index contributed by atoms with van der Waals surface area (Å²) in [4.78, 5) is 18.0. The first kappa shape index (κ1) is 9.79. The molecule has 0 N–H and O–H groups in total. The van der Waals surface area contributed by atoms with Gasteiger partial charge in [0.2, 0.25) is 0 Å². The molecule has 2 aromatic rings. The summed E-state index contributed by atoms with van der Waals surface area (Å²) >= 11 is 5.89. The highest BCUT2D eigenvalue weighted by Crippen LogP contribution is 2.31. The number of fused-ring (bicyclic) bond motifs is 1. The number of nitro groups is 1. The fourth-order valence-corrected chi connectivity index (χ4v) is 1.59. The van der Waals surface area contributed by atoms with Crippen molar-refractivity contribution in [2.45, 2.75) is 6.92 Å². The van der Waals surface area contributed by atoms with Gasteiger partial charge in [-0.1, -0.05) is 11.6 Å². The second-order valence-electron chi connectivity index (χ2n) is 3.07. The molecule has 2 aromatic heterocycles. The average molecular weight is 224 g/mol. The van der Waals surface area contributed by atoms with Gasteiger partial charge in [0.25, 0.3) is 0 Å². The molecule has 2 heterocycles. The standard InChI is InChI=1S/C9H6ClN3O2/c1-5-2-11-3-6-8(10)7(13(14)15)4-12-9(5)6/h2-4H,1H3. The molecule has 0 radical (unpaired) electrons. The van der Waals surface area contributed by atoms with Crippen LogP contribution in [-0.4, -0.2) is 14.9 Å². The van der Waals surface area contributed by atoms with Gasteiger partial charge in [0.1, 0.15) is 11.2 Å². The van der Waals surface area contributed by atoms with E-state index >= 15 is 0 Å². The van der Waals surface area contributed by atoms with E-state index in [0.29, 0.717) is 10.9 Å². The lowest BCUT2D eigenvalue weighted by atomic mass is 10.2. The van der Waals surface area contributed by atoms with Crippen molar-refractivity contribution in [2.24, 2.45) is 0 Å². The summed E-state index contributed by atoms with van der Waals surface area (Å²) in [5.41, 5.74) is 1.28. The molecule has 0 aliphatic carbocycles. The molecule has 5 nitrogen and oxygen atoms in total. The highest BCUT2D eigenvalue weighted by atomic mass is 35.5. The van der Waals surface area contributed by atoms with Crippen LogP contribution < -0.4 is 0 Å². The molecule has 0 bridgehead atoms. The Morgan fingerprint density at radius 1 is 1.40 bits per heavy atom. The summed E-state index contributed by atoms with van der Waals surface area (Å²) in [5.74, 6) is 0. The minimum atomic E-state index is -0.558. The normalized spacial score (nSPS) is 10.5. The van der Waals surface area contributed by atoms with Gasteiger partial charge in [0.15, 0.2) is 0 Å². The maximum Gasteiger partial charge on any atom is 0.306 e. The number of aryl methyl sites for hydroxylation is 1. The van der Waals surface area contributed by atoms with E-state index in [1.54, 1.807) is 6.20 Å². The molecule has 0 aliphatic rings. The van der Waals surface area contributed by atoms with Crippen molar-refractivity contribution in [3.05, 3.63) is 39.3 Å². The van der Waals surface area contributed by atoms with Crippen molar-refractivity contribution in [2.75, 3.05) is 0 Å². The third-order valence-electron chi connectivity index (χ3n) is 2.07. The zero-order valence-corrected chi connectivity index (χ0v) is 8.52. The Bertz CT molecular complexity index is 556. The number of rotatable bonds is 1. The summed E-state index contributed by atoms with van der Waals surface area (Å²) in [7, 11) is 0. The molecule has 6 heteroatoms. The highest BCUT2D eigenvalue weighted by Gasteiger charge is 2.16. The molecular weight excluding hydrogens is 218 g/mol. The van der Waals surface area contributed by atoms with Crippen molar-refractivity contribution in [1.29, 1.82) is 0 Å². The van der Waals surface area contributed by atoms with E-state index in [9.17, 15) is 10.1 Å². The molecule has 0 saturated heterocycles. The minimum absolute atomic E-state index is 0.0844. The van der Waals surface area contributed by atoms with Crippen LogP contribution in [0.4, 0.5) is 5.69 Å². The Kier molecular flexibility index (Phi) is 2.24. The Balaban J connectivity index is 2.86. The molecule has 15 heavy (non-hydrogen) atoms. The minimum Gasteiger partial charge on any atom is -0.264 e. The fourth-order valence-electron chi connectivity index (χ4n) is 1.34. The first-order chi connectivity index (χ1) is 7.11. The topological polar surface area (TPSA) is 68.9 Å². The molecule has 0 atom stereocenters. The molecule has 2 rings (SSSR count). The zero-order valence-electron chi connectivity index (χ0n) is 7.77. The maximum absolute atomic E-state index is 10.6. The van der Waals surface area contributed by atoms with E-state index in [0.717, 1.165) is 11.8 Å². The highest BCUT2D eigenvalue weighted by molar-refractivity contribution is 6.37. The largest absolute Gasteiger partial charge is 0.306 e. The van der Waals surface area contributed by atoms with Crippen LogP contribution in [0.15, 0.2) is 18.6 Å². The van der Waals surface area contributed by atoms with E-state index in [4.69, 9.17) is 11.6 Å². The zero-order chi connectivity index (χ0) is 11.0. The van der Waals surface area contributed by atoms with E-state index in [1.807, 2.05) is 6.92 Å². The van der Waals surface area contributed by atoms with Crippen LogP contribution in [0.5, 0.6) is 0 Å². The quantitative estimate of drug-likeness (QED) is 0.550. The van der Waals surface area contributed by atoms with Crippen LogP contribution in [0.25, 0.3) is 10.9 Å². The number of hydrogen-bond acceptors (Lipinski definition) is 4. The van der Waals surface area contributed by atoms with Crippen LogP contribution in [0.1, 0.15) is 5.56 Å². The predicted molar refractivity (Wildman–Crippen MR) is 55.9 cm³/mol. The summed E-state index contributed by atoms with van der Waals surface area (Å²) in [6.45, 7) is 1.82. The molecule has 0 saturated carbocycles. The lowest BCUT2D eigenvalue weighted by molar-refractivity contribution is -0.384. The van der Waals surface area contributed by atoms with E-state index in [2.05, 4.69) is 9.97 Å². The van der Waals surface area contributed by atoms with Crippen LogP contribution in [-0.2, 0) is 0 Å². The summed E-state index contributed by atoms with van der Waals surface area (Å²) in [6, 6.07) is 0. The number of nitrogens with zero attached hydrogens (tertiary/aromatic N) is 3. The Morgan fingerprint density at radius 2 is 2.13 bits per heavy atom. The van der Waals surface area contributed by atoms with Crippen LogP contribution in [0.2, 0.25) is 5.02 Å². The van der Waals surface area contributed by atoms with E-state index in [1.165, 1.54) is 6.20 Å². The van der Waals surface area contributed by atoms with Crippen molar-refractivity contribution < 1.29 is 4.92 Å². The first-order valence-corrected chi connectivity index (χ1v) is 4.52. The van der Waals surface area contributed by atoms with E-state index < -0.39 is 4.92 Å². The Hall–Kier alpha value is -1.75. The molecule has 0 amide bonds. The third kappa shape index (κ3) is 1.50. The number of hydrogen-bond donors (Lipinski definition) is 0. The lowest BCUT2D eigenvalue weighted by Gasteiger charge is -2.02. The predicted octanol–water partition coefficient (Wildman–Crippen LogP) is 2.50. The van der Waals surface area contributed by atoms with Gasteiger partial charge in [-0.3, -0.25) is 15.1 Å². The van der Waals surface area contributed by atoms with Gasteiger partial charge in [-0.25, -0.2) is 4.98 Å². The van der Waals surface area contributed by atoms with Crippen molar-refractivity contribution in [1.82, 2.24) is 9.97 Å². The van der Waals surface area contributed by atoms with Crippen LogP contribution >= 0.6 is 11.6 Å². The molecule has 0 unspecified atom stereocenters. The molecule has 0 spiro atoms. The van der Waals surface area contributed by atoms with Crippen molar-refractivity contribution in [3.63, 3.8) is 0 Å². The summed E-state index contributed by atoms with van der Waals surface area (Å²) in [6.07, 6.45) is 4.28. The Labute approximate surface area is 89.9 Å². The third-order valence-corrected chi connectivity index (χ3v) is 2.47. The Morgan fingerprint density at radius 3 is 2.80 bits per heavy atom. The molecule has 0 aliphatic heterocycles. The average Bonchev–Trinajstić information content (AvgIpc) is 2.19. The lowest BCUT2D eigenvalue weighted by Crippen LogP contribution is -1.93. The number of pyridine rings is 2. The van der Waals surface area contributed by atoms with Gasteiger partial charge < -0.3 is 0 Å². The SMILES string of the molecule is Cc1cncc2c(Cl)c([N+](=O)[O-])cnc12. The van der Waals surface area contributed by atoms with Gasteiger partial charge >= 0.3 is 5.69 Å². The number of aromatic nitrogens is 2. The van der Waals surface area contributed by atoms with Gasteiger partial charge in [-0.05, 0) is 12.5 Å². The molecule has 0 aromatic carbocycles. The maximum atomic E-state index is 10.6. The smallest absolute Gasteiger partial charge is 0.264 e. The fraction of sp³-hybridized carbons (Fsp3) is 0.111. The second-order valence-corrected chi connectivity index (χ2v) is 3.45. The number of halogens is 1. The van der Waals surface area contributed by atoms with Crippen LogP contribution in [0.3, 0.4) is 0 Å². The summed E-state index contributed by atoms with van der Waals surface area (Å²) in [5, 5.41) is 11.2. The van der Waals surface area contributed by atoms with Crippen LogP contribution in [0, 0.1) is 17.0 Å². The van der Waals surface area contributed by atoms with Crippen molar-refractivity contribution >= 4 is 28.2 Å². The van der Waals surface area contributed by atoms with Gasteiger partial charge in [0, 0.05) is 17.8 Å². The van der Waals surface area contributed by atoms with Gasteiger partial charge in [-0.2, -0.15) is 0 Å². The summed E-state index contributed by atoms with van der Waals surface area (Å²) < 4.78 is 0. The van der Waals surface area contributed by atoms with E-state index in [-0.39, 0.29) is 10.7 Å². The van der Waals surface area contributed by atoms with Gasteiger partial charge in [0.05, 0.1) is 10.4 Å². The molecule has 76 valence electrons.